The first-order valence-electron chi connectivity index (χ1n) is 6.10. The molecule has 0 heterocycles. The summed E-state index contributed by atoms with van der Waals surface area (Å²) in [6.45, 7) is 0. The van der Waals surface area contributed by atoms with Gasteiger partial charge in [-0.25, -0.2) is 0 Å². The van der Waals surface area contributed by atoms with Gasteiger partial charge in [0.05, 0.1) is 5.37 Å². The Morgan fingerprint density at radius 2 is 1.74 bits per heavy atom. The molecule has 0 bridgehead atoms. The summed E-state index contributed by atoms with van der Waals surface area (Å²) < 4.78 is 0. The average molecular weight is 270 g/mol. The molecule has 3 nitrogen and oxygen atoms in total. The lowest BCUT2D eigenvalue weighted by Gasteiger charge is -2.26. The quantitative estimate of drug-likeness (QED) is 0.515. The van der Waals surface area contributed by atoms with E-state index in [2.05, 4.69) is 34.6 Å². The molecule has 2 rings (SSSR count). The highest BCUT2D eigenvalue weighted by Gasteiger charge is 2.13. The van der Waals surface area contributed by atoms with E-state index in [9.17, 15) is 0 Å². The van der Waals surface area contributed by atoms with Gasteiger partial charge in [-0.2, -0.15) is 12.6 Å². The van der Waals surface area contributed by atoms with Crippen molar-refractivity contribution in [2.24, 2.45) is 0 Å². The van der Waals surface area contributed by atoms with Gasteiger partial charge in [0.15, 0.2) is 4.98 Å². The molecule has 0 aromatic heterocycles. The molecule has 0 fully saturated rings. The van der Waals surface area contributed by atoms with Crippen molar-refractivity contribution in [1.29, 1.82) is 5.39 Å². The van der Waals surface area contributed by atoms with Gasteiger partial charge in [0.2, 0.25) is 5.39 Å². The zero-order valence-corrected chi connectivity index (χ0v) is 11.7. The Morgan fingerprint density at radius 1 is 1.11 bits per heavy atom. The van der Waals surface area contributed by atoms with Gasteiger partial charge in [0.25, 0.3) is 0 Å². The summed E-state index contributed by atoms with van der Waals surface area (Å²) in [7, 11) is 2.01. The molecule has 0 aliphatic rings. The summed E-state index contributed by atoms with van der Waals surface area (Å²) in [6, 6.07) is 17.7. The molecule has 2 aromatic carbocycles. The topological polar surface area (TPSA) is 31.4 Å². The summed E-state index contributed by atoms with van der Waals surface area (Å²) in [5.41, 5.74) is 2.86. The van der Waals surface area contributed by atoms with Crippen LogP contribution in [-0.2, 0) is 6.42 Å². The summed E-state index contributed by atoms with van der Waals surface area (Å²) in [6.07, 6.45) is 0.868. The minimum atomic E-state index is 0.0966. The van der Waals surface area contributed by atoms with E-state index >= 15 is 0 Å². The fourth-order valence-electron chi connectivity index (χ4n) is 1.89. The number of likely N-dealkylation sites (N-methyl/N-ethyl adjacent to an activating group) is 1. The van der Waals surface area contributed by atoms with Gasteiger partial charge in [-0.1, -0.05) is 30.3 Å². The van der Waals surface area contributed by atoms with Crippen molar-refractivity contribution in [3.8, 4) is 0 Å². The lowest BCUT2D eigenvalue weighted by atomic mass is 10.1. The lowest BCUT2D eigenvalue weighted by Crippen LogP contribution is -2.28. The van der Waals surface area contributed by atoms with Crippen LogP contribution in [0.25, 0.3) is 4.98 Å². The first-order valence-corrected chi connectivity index (χ1v) is 6.62. The van der Waals surface area contributed by atoms with Crippen LogP contribution in [0.1, 0.15) is 5.56 Å². The second kappa shape index (κ2) is 6.26. The zero-order valence-electron chi connectivity index (χ0n) is 10.8. The normalized spacial score (nSPS) is 11.6. The van der Waals surface area contributed by atoms with Crippen LogP contribution in [0.2, 0.25) is 0 Å². The molecule has 0 amide bonds. The molecule has 2 aromatic rings. The molecule has 0 spiro atoms. The maximum absolute atomic E-state index is 8.67. The Kier molecular flexibility index (Phi) is 4.43. The minimum absolute atomic E-state index is 0.0966. The van der Waals surface area contributed by atoms with Gasteiger partial charge in [-0.15, -0.1) is 0 Å². The fraction of sp³-hybridized carbons (Fsp3) is 0.200. The van der Waals surface area contributed by atoms with Crippen molar-refractivity contribution < 1.29 is 0 Å². The zero-order chi connectivity index (χ0) is 13.7. The molecule has 96 valence electrons. The molecular weight excluding hydrogens is 254 g/mol. The fourth-order valence-corrected chi connectivity index (χ4v) is 2.23. The summed E-state index contributed by atoms with van der Waals surface area (Å²) >= 11 is 4.65. The maximum Gasteiger partial charge on any atom is 0.385 e. The third kappa shape index (κ3) is 3.49. The standard InChI is InChI=1S/C15H15N3S/c1-18(14-9-7-13(17-16)8-10-14)15(19)11-12-5-3-2-4-6-12/h2-10,15H,11H2,1H3/p+1. The third-order valence-corrected chi connectivity index (χ3v) is 3.61. The van der Waals surface area contributed by atoms with Crippen LogP contribution in [0.15, 0.2) is 54.6 Å². The number of anilines is 1. The number of thiol groups is 1. The van der Waals surface area contributed by atoms with Crippen LogP contribution >= 0.6 is 12.6 Å². The first kappa shape index (κ1) is 13.4. The molecule has 0 saturated carbocycles. The minimum Gasteiger partial charge on any atom is -0.363 e. The molecular formula is C15H16N3S+. The molecule has 0 aliphatic carbocycles. The molecule has 1 atom stereocenters. The van der Waals surface area contributed by atoms with Gasteiger partial charge in [0, 0.05) is 31.3 Å². The Balaban J connectivity index is 2.06. The molecule has 0 N–H and O–H groups in total. The SMILES string of the molecule is CN(c1ccc([N+]#N)cc1)C(S)Cc1ccccc1. The Morgan fingerprint density at radius 3 is 2.32 bits per heavy atom. The number of hydrogen-bond donors (Lipinski definition) is 1. The monoisotopic (exact) mass is 270 g/mol. The van der Waals surface area contributed by atoms with Gasteiger partial charge < -0.3 is 4.90 Å². The van der Waals surface area contributed by atoms with Crippen molar-refractivity contribution in [3.05, 3.63) is 65.1 Å². The number of nitrogens with zero attached hydrogens (tertiary/aromatic N) is 3. The molecule has 4 heteroatoms. The van der Waals surface area contributed by atoms with Crippen molar-refractivity contribution in [2.45, 2.75) is 11.8 Å². The molecule has 0 aliphatic heterocycles. The van der Waals surface area contributed by atoms with Crippen molar-refractivity contribution in [3.63, 3.8) is 0 Å². The van der Waals surface area contributed by atoms with Crippen LogP contribution < -0.4 is 4.90 Å². The average Bonchev–Trinajstić information content (AvgIpc) is 2.47. The Labute approximate surface area is 118 Å². The van der Waals surface area contributed by atoms with Crippen molar-refractivity contribution >= 4 is 24.0 Å². The summed E-state index contributed by atoms with van der Waals surface area (Å²) in [5, 5.41) is 8.76. The van der Waals surface area contributed by atoms with E-state index in [0.717, 1.165) is 12.1 Å². The van der Waals surface area contributed by atoms with Crippen LogP contribution in [0, 0.1) is 5.39 Å². The number of diazo groups is 1. The Bertz CT molecular complexity index is 560. The predicted molar refractivity (Wildman–Crippen MR) is 82.5 cm³/mol. The maximum atomic E-state index is 8.67. The van der Waals surface area contributed by atoms with Crippen LogP contribution in [0.5, 0.6) is 0 Å². The summed E-state index contributed by atoms with van der Waals surface area (Å²) in [5.74, 6) is 0. The van der Waals surface area contributed by atoms with E-state index in [1.807, 2.05) is 37.4 Å². The lowest BCUT2D eigenvalue weighted by molar-refractivity contribution is 0.826. The Hall–Kier alpha value is -1.99. The van der Waals surface area contributed by atoms with Gasteiger partial charge in [-0.05, 0) is 17.7 Å². The molecule has 0 saturated heterocycles. The predicted octanol–water partition coefficient (Wildman–Crippen LogP) is 4.11. The third-order valence-electron chi connectivity index (χ3n) is 3.08. The van der Waals surface area contributed by atoms with E-state index in [1.54, 1.807) is 12.1 Å². The van der Waals surface area contributed by atoms with E-state index in [0.29, 0.717) is 5.69 Å². The van der Waals surface area contributed by atoms with Crippen LogP contribution in [0.4, 0.5) is 11.4 Å². The van der Waals surface area contributed by atoms with Crippen LogP contribution in [-0.4, -0.2) is 12.4 Å². The van der Waals surface area contributed by atoms with E-state index in [-0.39, 0.29) is 5.37 Å². The van der Waals surface area contributed by atoms with E-state index < -0.39 is 0 Å². The van der Waals surface area contributed by atoms with Gasteiger partial charge in [-0.3, -0.25) is 0 Å². The molecule has 1 unspecified atom stereocenters. The highest BCUT2D eigenvalue weighted by atomic mass is 32.1. The second-order valence-electron chi connectivity index (χ2n) is 4.40. The van der Waals surface area contributed by atoms with Crippen molar-refractivity contribution in [2.75, 3.05) is 11.9 Å². The largest absolute Gasteiger partial charge is 0.385 e. The first-order chi connectivity index (χ1) is 9.20. The number of benzene rings is 2. The smallest absolute Gasteiger partial charge is 0.363 e. The molecule has 19 heavy (non-hydrogen) atoms. The highest BCUT2D eigenvalue weighted by molar-refractivity contribution is 7.81. The second-order valence-corrected chi connectivity index (χ2v) is 4.99. The van der Waals surface area contributed by atoms with Gasteiger partial charge in [0.1, 0.15) is 0 Å². The van der Waals surface area contributed by atoms with Crippen LogP contribution in [0.3, 0.4) is 0 Å². The number of hydrogen-bond acceptors (Lipinski definition) is 3. The van der Waals surface area contributed by atoms with E-state index in [4.69, 9.17) is 5.39 Å². The van der Waals surface area contributed by atoms with E-state index in [1.165, 1.54) is 5.56 Å². The number of rotatable bonds is 4. The van der Waals surface area contributed by atoms with Crippen molar-refractivity contribution in [1.82, 2.24) is 0 Å². The summed E-state index contributed by atoms with van der Waals surface area (Å²) in [4.78, 5) is 5.24. The van der Waals surface area contributed by atoms with Gasteiger partial charge >= 0.3 is 5.69 Å². The molecule has 0 radical (unpaired) electrons. The highest BCUT2D eigenvalue weighted by Crippen LogP contribution is 2.22.